The largest absolute Gasteiger partial charge is 0.395 e. The second-order valence-corrected chi connectivity index (χ2v) is 3.15. The third kappa shape index (κ3) is 2.57. The monoisotopic (exact) mass is 192 g/mol. The summed E-state index contributed by atoms with van der Waals surface area (Å²) >= 11 is 0. The Bertz CT molecular complexity index is 306. The number of carbonyl (C=O) groups is 1. The summed E-state index contributed by atoms with van der Waals surface area (Å²) in [6.07, 6.45) is 0. The quantitative estimate of drug-likeness (QED) is 0.774. The zero-order valence-electron chi connectivity index (χ0n) is 8.23. The minimum Gasteiger partial charge on any atom is -0.395 e. The molecule has 1 aromatic rings. The van der Waals surface area contributed by atoms with Crippen LogP contribution in [-0.2, 0) is 0 Å². The maximum Gasteiger partial charge on any atom is 0.253 e. The van der Waals surface area contributed by atoms with Crippen LogP contribution in [0.3, 0.4) is 0 Å². The summed E-state index contributed by atoms with van der Waals surface area (Å²) in [6, 6.07) is 7.05. The van der Waals surface area contributed by atoms with E-state index in [9.17, 15) is 4.79 Å². The molecule has 0 aliphatic rings. The Balaban J connectivity index is 2.74. The van der Waals surface area contributed by atoms with Gasteiger partial charge in [0.2, 0.25) is 0 Å². The van der Waals surface area contributed by atoms with Gasteiger partial charge in [-0.15, -0.1) is 0 Å². The van der Waals surface area contributed by atoms with Crippen LogP contribution >= 0.6 is 0 Å². The Hall–Kier alpha value is -1.35. The molecule has 0 aliphatic carbocycles. The molecule has 0 aromatic heterocycles. The van der Waals surface area contributed by atoms with E-state index in [1.54, 1.807) is 31.3 Å². The second kappa shape index (κ2) is 4.77. The Morgan fingerprint density at radius 2 is 2.00 bits per heavy atom. The molecule has 0 unspecified atom stereocenters. The molecule has 0 spiro atoms. The molecule has 3 heteroatoms. The van der Waals surface area contributed by atoms with Gasteiger partial charge in [-0.05, 0) is 24.6 Å². The summed E-state index contributed by atoms with van der Waals surface area (Å²) in [5.74, 6) is -0.0842. The fourth-order valence-electron chi connectivity index (χ4n) is 1.12. The van der Waals surface area contributed by atoms with E-state index in [2.05, 4.69) is 6.92 Å². The van der Waals surface area contributed by atoms with Crippen molar-refractivity contribution >= 4 is 5.91 Å². The van der Waals surface area contributed by atoms with E-state index in [1.807, 2.05) is 0 Å². The first-order valence-corrected chi connectivity index (χ1v) is 4.43. The van der Waals surface area contributed by atoms with E-state index in [4.69, 9.17) is 5.11 Å². The summed E-state index contributed by atoms with van der Waals surface area (Å²) in [6.45, 7) is 4.07. The van der Waals surface area contributed by atoms with Gasteiger partial charge in [-0.3, -0.25) is 4.79 Å². The highest BCUT2D eigenvalue weighted by molar-refractivity contribution is 5.94. The Kier molecular flexibility index (Phi) is 3.65. The third-order valence-electron chi connectivity index (χ3n) is 1.98. The van der Waals surface area contributed by atoms with Crippen molar-refractivity contribution in [2.75, 3.05) is 20.2 Å². The molecule has 0 saturated heterocycles. The van der Waals surface area contributed by atoms with Gasteiger partial charge in [-0.25, -0.2) is 0 Å². The fraction of sp³-hybridized carbons (Fsp3) is 0.273. The average Bonchev–Trinajstić information content (AvgIpc) is 2.18. The first-order valence-electron chi connectivity index (χ1n) is 4.43. The Morgan fingerprint density at radius 1 is 1.43 bits per heavy atom. The van der Waals surface area contributed by atoms with Crippen LogP contribution in [0.25, 0.3) is 0 Å². The molecule has 1 N–H and O–H groups in total. The van der Waals surface area contributed by atoms with Crippen LogP contribution in [0.5, 0.6) is 0 Å². The standard InChI is InChI=1S/C11H14NO2/c1-9-3-5-10(6-4-9)11(14)12(2)7-8-13/h3-6,13H,1,7-8H2,2H3. The predicted octanol–water partition coefficient (Wildman–Crippen LogP) is 0.933. The molecule has 0 bridgehead atoms. The third-order valence-corrected chi connectivity index (χ3v) is 1.98. The molecule has 0 aliphatic heterocycles. The normalized spacial score (nSPS) is 9.93. The molecule has 0 atom stereocenters. The van der Waals surface area contributed by atoms with Gasteiger partial charge >= 0.3 is 0 Å². The molecule has 1 aromatic carbocycles. The Labute approximate surface area is 84.0 Å². The summed E-state index contributed by atoms with van der Waals surface area (Å²) in [4.78, 5) is 13.1. The van der Waals surface area contributed by atoms with Gasteiger partial charge in [0.15, 0.2) is 0 Å². The van der Waals surface area contributed by atoms with Crippen LogP contribution in [0.15, 0.2) is 24.3 Å². The zero-order chi connectivity index (χ0) is 10.6. The molecule has 0 heterocycles. The number of hydrogen-bond donors (Lipinski definition) is 1. The first kappa shape index (κ1) is 10.7. The number of hydrogen-bond acceptors (Lipinski definition) is 2. The number of amides is 1. The molecule has 0 fully saturated rings. The van der Waals surface area contributed by atoms with Crippen molar-refractivity contribution < 1.29 is 9.90 Å². The molecule has 0 saturated carbocycles. The van der Waals surface area contributed by atoms with Crippen LogP contribution < -0.4 is 0 Å². The van der Waals surface area contributed by atoms with Gasteiger partial charge in [0.05, 0.1) is 6.61 Å². The van der Waals surface area contributed by atoms with Crippen LogP contribution in [0.1, 0.15) is 15.9 Å². The van der Waals surface area contributed by atoms with Crippen molar-refractivity contribution in [3.63, 3.8) is 0 Å². The maximum absolute atomic E-state index is 11.6. The van der Waals surface area contributed by atoms with Crippen LogP contribution in [0.4, 0.5) is 0 Å². The van der Waals surface area contributed by atoms with Gasteiger partial charge in [-0.1, -0.05) is 12.1 Å². The van der Waals surface area contributed by atoms with E-state index in [1.165, 1.54) is 4.90 Å². The van der Waals surface area contributed by atoms with Crippen molar-refractivity contribution in [2.45, 2.75) is 0 Å². The van der Waals surface area contributed by atoms with Crippen molar-refractivity contribution in [3.05, 3.63) is 42.3 Å². The molecule has 1 rings (SSSR count). The van der Waals surface area contributed by atoms with Crippen molar-refractivity contribution in [3.8, 4) is 0 Å². The van der Waals surface area contributed by atoms with E-state index >= 15 is 0 Å². The topological polar surface area (TPSA) is 40.5 Å². The molecule has 75 valence electrons. The predicted molar refractivity (Wildman–Crippen MR) is 54.9 cm³/mol. The summed E-state index contributed by atoms with van der Waals surface area (Å²) in [5, 5.41) is 8.67. The highest BCUT2D eigenvalue weighted by Gasteiger charge is 2.09. The number of aliphatic hydroxyl groups excluding tert-OH is 1. The number of benzene rings is 1. The van der Waals surface area contributed by atoms with Crippen molar-refractivity contribution in [1.29, 1.82) is 0 Å². The number of nitrogens with zero attached hydrogens (tertiary/aromatic N) is 1. The number of carbonyl (C=O) groups excluding carboxylic acids is 1. The van der Waals surface area contributed by atoms with Gasteiger partial charge in [0, 0.05) is 19.2 Å². The van der Waals surface area contributed by atoms with E-state index < -0.39 is 0 Å². The van der Waals surface area contributed by atoms with Crippen LogP contribution in [0, 0.1) is 6.92 Å². The smallest absolute Gasteiger partial charge is 0.253 e. The molecule has 14 heavy (non-hydrogen) atoms. The number of likely N-dealkylation sites (N-methyl/N-ethyl adjacent to an activating group) is 1. The lowest BCUT2D eigenvalue weighted by atomic mass is 10.1. The van der Waals surface area contributed by atoms with Gasteiger partial charge in [0.25, 0.3) is 5.91 Å². The lowest BCUT2D eigenvalue weighted by Gasteiger charge is -2.15. The summed E-state index contributed by atoms with van der Waals surface area (Å²) in [5.41, 5.74) is 1.50. The Morgan fingerprint density at radius 3 is 2.50 bits per heavy atom. The first-order chi connectivity index (χ1) is 6.65. The number of aliphatic hydroxyl groups is 1. The number of rotatable bonds is 3. The van der Waals surface area contributed by atoms with Gasteiger partial charge < -0.3 is 10.0 Å². The van der Waals surface area contributed by atoms with Crippen LogP contribution in [0.2, 0.25) is 0 Å². The lowest BCUT2D eigenvalue weighted by Crippen LogP contribution is -2.29. The van der Waals surface area contributed by atoms with Gasteiger partial charge in [0.1, 0.15) is 0 Å². The second-order valence-electron chi connectivity index (χ2n) is 3.15. The van der Waals surface area contributed by atoms with E-state index in [0.717, 1.165) is 5.56 Å². The molecule has 3 nitrogen and oxygen atoms in total. The highest BCUT2D eigenvalue weighted by atomic mass is 16.3. The molecular formula is C11H14NO2. The van der Waals surface area contributed by atoms with E-state index in [-0.39, 0.29) is 12.5 Å². The molecular weight excluding hydrogens is 178 g/mol. The maximum atomic E-state index is 11.6. The summed E-state index contributed by atoms with van der Waals surface area (Å²) in [7, 11) is 1.66. The zero-order valence-corrected chi connectivity index (χ0v) is 8.23. The minimum absolute atomic E-state index is 0.0182. The fourth-order valence-corrected chi connectivity index (χ4v) is 1.12. The van der Waals surface area contributed by atoms with Crippen molar-refractivity contribution in [2.24, 2.45) is 0 Å². The minimum atomic E-state index is -0.0842. The summed E-state index contributed by atoms with van der Waals surface area (Å²) < 4.78 is 0. The SMILES string of the molecule is [CH2]c1ccc(C(=O)N(C)CCO)cc1. The van der Waals surface area contributed by atoms with Crippen LogP contribution in [-0.4, -0.2) is 36.1 Å². The van der Waals surface area contributed by atoms with E-state index in [0.29, 0.717) is 12.1 Å². The van der Waals surface area contributed by atoms with Gasteiger partial charge in [-0.2, -0.15) is 0 Å². The molecule has 1 amide bonds. The average molecular weight is 192 g/mol. The van der Waals surface area contributed by atoms with Crippen molar-refractivity contribution in [1.82, 2.24) is 4.90 Å². The molecule has 1 radical (unpaired) electrons. The highest BCUT2D eigenvalue weighted by Crippen LogP contribution is 2.05. The lowest BCUT2D eigenvalue weighted by molar-refractivity contribution is 0.0767.